The van der Waals surface area contributed by atoms with Crippen LogP contribution in [0.15, 0.2) is 58.6 Å². The molecular weight excluding hydrogens is 389 g/mol. The van der Waals surface area contributed by atoms with Crippen LogP contribution in [0.25, 0.3) is 0 Å². The summed E-state index contributed by atoms with van der Waals surface area (Å²) in [6.07, 6.45) is 2.11. The fourth-order valence-electron chi connectivity index (χ4n) is 3.50. The van der Waals surface area contributed by atoms with Gasteiger partial charge in [-0.2, -0.15) is 0 Å². The SMILES string of the molecule is CSc1ccc(C2CC(=O)N(c3ccc(F)c(Cl)c3)C3=C2C(=O)OC3)cc1. The molecule has 0 radical (unpaired) electrons. The first-order chi connectivity index (χ1) is 13.0. The van der Waals surface area contributed by atoms with Gasteiger partial charge in [-0.15, -0.1) is 11.8 Å². The van der Waals surface area contributed by atoms with Crippen LogP contribution in [0.5, 0.6) is 0 Å². The number of benzene rings is 2. The van der Waals surface area contributed by atoms with E-state index in [2.05, 4.69) is 0 Å². The van der Waals surface area contributed by atoms with Gasteiger partial charge < -0.3 is 4.74 Å². The van der Waals surface area contributed by atoms with Gasteiger partial charge in [-0.05, 0) is 42.2 Å². The molecule has 0 spiro atoms. The molecule has 0 fully saturated rings. The van der Waals surface area contributed by atoms with Crippen LogP contribution in [0.3, 0.4) is 0 Å². The topological polar surface area (TPSA) is 46.6 Å². The molecule has 4 rings (SSSR count). The Morgan fingerprint density at radius 3 is 2.59 bits per heavy atom. The smallest absolute Gasteiger partial charge is 0.336 e. The number of esters is 1. The van der Waals surface area contributed by atoms with Crippen molar-refractivity contribution in [2.45, 2.75) is 17.2 Å². The van der Waals surface area contributed by atoms with Crippen LogP contribution in [0.4, 0.5) is 10.1 Å². The number of thioether (sulfide) groups is 1. The average Bonchev–Trinajstić information content (AvgIpc) is 3.05. The van der Waals surface area contributed by atoms with Crippen LogP contribution in [0.2, 0.25) is 5.02 Å². The average molecular weight is 404 g/mol. The van der Waals surface area contributed by atoms with E-state index in [1.807, 2.05) is 30.5 Å². The summed E-state index contributed by atoms with van der Waals surface area (Å²) in [5.41, 5.74) is 2.29. The van der Waals surface area contributed by atoms with Crippen LogP contribution in [0.1, 0.15) is 17.9 Å². The Hall–Kier alpha value is -2.31. The van der Waals surface area contributed by atoms with Crippen molar-refractivity contribution in [1.29, 1.82) is 0 Å². The molecule has 4 nitrogen and oxygen atoms in total. The van der Waals surface area contributed by atoms with Gasteiger partial charge in [-0.1, -0.05) is 23.7 Å². The molecule has 1 atom stereocenters. The summed E-state index contributed by atoms with van der Waals surface area (Å²) < 4.78 is 18.7. The molecule has 0 N–H and O–H groups in total. The third-order valence-corrected chi connectivity index (χ3v) is 5.83. The Morgan fingerprint density at radius 1 is 1.19 bits per heavy atom. The van der Waals surface area contributed by atoms with Crippen molar-refractivity contribution in [3.63, 3.8) is 0 Å². The molecule has 7 heteroatoms. The lowest BCUT2D eigenvalue weighted by Crippen LogP contribution is -2.37. The summed E-state index contributed by atoms with van der Waals surface area (Å²) in [6, 6.07) is 11.9. The number of halogens is 2. The molecule has 138 valence electrons. The van der Waals surface area contributed by atoms with Gasteiger partial charge >= 0.3 is 5.97 Å². The fourth-order valence-corrected chi connectivity index (χ4v) is 4.08. The first-order valence-electron chi connectivity index (χ1n) is 8.31. The first-order valence-corrected chi connectivity index (χ1v) is 9.92. The molecule has 27 heavy (non-hydrogen) atoms. The lowest BCUT2D eigenvalue weighted by molar-refractivity contribution is -0.136. The highest BCUT2D eigenvalue weighted by molar-refractivity contribution is 7.98. The summed E-state index contributed by atoms with van der Waals surface area (Å²) in [7, 11) is 0. The van der Waals surface area contributed by atoms with Gasteiger partial charge in [0.1, 0.15) is 12.4 Å². The van der Waals surface area contributed by atoms with Crippen molar-refractivity contribution < 1.29 is 18.7 Å². The zero-order valence-corrected chi connectivity index (χ0v) is 15.9. The van der Waals surface area contributed by atoms with E-state index in [1.165, 1.54) is 23.1 Å². The molecule has 2 aromatic rings. The summed E-state index contributed by atoms with van der Waals surface area (Å²) >= 11 is 7.50. The molecule has 1 amide bonds. The second-order valence-electron chi connectivity index (χ2n) is 6.29. The van der Waals surface area contributed by atoms with Gasteiger partial charge in [0.05, 0.1) is 22.0 Å². The summed E-state index contributed by atoms with van der Waals surface area (Å²) in [4.78, 5) is 27.9. The Kier molecular flexibility index (Phi) is 4.70. The third-order valence-electron chi connectivity index (χ3n) is 4.80. The van der Waals surface area contributed by atoms with Crippen LogP contribution in [-0.4, -0.2) is 24.7 Å². The Balaban J connectivity index is 1.79. The first kappa shape index (κ1) is 18.1. The quantitative estimate of drug-likeness (QED) is 0.558. The van der Waals surface area contributed by atoms with E-state index in [-0.39, 0.29) is 29.9 Å². The molecule has 0 bridgehead atoms. The number of carbonyl (C=O) groups is 2. The highest BCUT2D eigenvalue weighted by atomic mass is 35.5. The molecule has 0 saturated heterocycles. The number of cyclic esters (lactones) is 1. The number of anilines is 1. The van der Waals surface area contributed by atoms with E-state index in [0.717, 1.165) is 10.5 Å². The molecule has 2 aliphatic rings. The highest BCUT2D eigenvalue weighted by Crippen LogP contribution is 2.42. The van der Waals surface area contributed by atoms with Crippen molar-refractivity contribution in [3.05, 3.63) is 70.1 Å². The molecule has 1 unspecified atom stereocenters. The van der Waals surface area contributed by atoms with E-state index in [0.29, 0.717) is 17.0 Å². The minimum atomic E-state index is -0.565. The van der Waals surface area contributed by atoms with Crippen molar-refractivity contribution in [2.75, 3.05) is 17.8 Å². The summed E-state index contributed by atoms with van der Waals surface area (Å²) in [5.74, 6) is -1.53. The number of nitrogens with zero attached hydrogens (tertiary/aromatic N) is 1. The molecule has 2 aliphatic heterocycles. The van der Waals surface area contributed by atoms with E-state index < -0.39 is 11.8 Å². The maximum atomic E-state index is 13.5. The number of rotatable bonds is 3. The summed E-state index contributed by atoms with van der Waals surface area (Å²) in [5, 5.41) is -0.0810. The maximum absolute atomic E-state index is 13.5. The van der Waals surface area contributed by atoms with Gasteiger partial charge in [0.2, 0.25) is 5.91 Å². The molecule has 0 aliphatic carbocycles. The van der Waals surface area contributed by atoms with Gasteiger partial charge in [0.15, 0.2) is 0 Å². The maximum Gasteiger partial charge on any atom is 0.336 e. The second-order valence-corrected chi connectivity index (χ2v) is 7.58. The molecular formula is C20H15ClFNO3S. The molecule has 2 heterocycles. The molecule has 2 aromatic carbocycles. The monoisotopic (exact) mass is 403 g/mol. The molecule has 0 aromatic heterocycles. The number of hydrogen-bond acceptors (Lipinski definition) is 4. The largest absolute Gasteiger partial charge is 0.456 e. The van der Waals surface area contributed by atoms with E-state index >= 15 is 0 Å². The zero-order chi connectivity index (χ0) is 19.1. The van der Waals surface area contributed by atoms with E-state index in [9.17, 15) is 14.0 Å². The van der Waals surface area contributed by atoms with Gasteiger partial charge in [0, 0.05) is 17.2 Å². The van der Waals surface area contributed by atoms with Crippen LogP contribution < -0.4 is 4.90 Å². The van der Waals surface area contributed by atoms with Crippen molar-refractivity contribution in [3.8, 4) is 0 Å². The Morgan fingerprint density at radius 2 is 1.93 bits per heavy atom. The number of hydrogen-bond donors (Lipinski definition) is 0. The lowest BCUT2D eigenvalue weighted by atomic mass is 9.84. The zero-order valence-electron chi connectivity index (χ0n) is 14.4. The second kappa shape index (κ2) is 7.02. The highest BCUT2D eigenvalue weighted by Gasteiger charge is 2.43. The Labute approximate surface area is 164 Å². The molecule has 0 saturated carbocycles. The predicted molar refractivity (Wildman–Crippen MR) is 102 cm³/mol. The normalized spacial score (nSPS) is 19.4. The fraction of sp³-hybridized carbons (Fsp3) is 0.200. The summed E-state index contributed by atoms with van der Waals surface area (Å²) in [6.45, 7) is 0.00823. The predicted octanol–water partition coefficient (Wildman–Crippen LogP) is 4.53. The number of amides is 1. The van der Waals surface area contributed by atoms with E-state index in [1.54, 1.807) is 11.8 Å². The van der Waals surface area contributed by atoms with Gasteiger partial charge in [-0.3, -0.25) is 9.69 Å². The Bertz CT molecular complexity index is 974. The van der Waals surface area contributed by atoms with Crippen LogP contribution in [0, 0.1) is 5.82 Å². The van der Waals surface area contributed by atoms with Crippen LogP contribution in [-0.2, 0) is 14.3 Å². The van der Waals surface area contributed by atoms with Crippen molar-refractivity contribution in [2.24, 2.45) is 0 Å². The third kappa shape index (κ3) is 3.13. The number of carbonyl (C=O) groups excluding carboxylic acids is 2. The minimum absolute atomic E-state index is 0.00823. The van der Waals surface area contributed by atoms with Gasteiger partial charge in [-0.25, -0.2) is 9.18 Å². The van der Waals surface area contributed by atoms with Crippen LogP contribution >= 0.6 is 23.4 Å². The number of ether oxygens (including phenoxy) is 1. The van der Waals surface area contributed by atoms with Gasteiger partial charge in [0.25, 0.3) is 0 Å². The van der Waals surface area contributed by atoms with Crippen molar-refractivity contribution in [1.82, 2.24) is 0 Å². The van der Waals surface area contributed by atoms with Crippen molar-refractivity contribution >= 4 is 40.9 Å². The lowest BCUT2D eigenvalue weighted by Gasteiger charge is -2.32. The standard InChI is InChI=1S/C20H15ClFNO3S/c1-27-13-5-2-11(3-6-13)14-9-18(24)23(17-10-26-20(25)19(14)17)12-4-7-16(22)15(21)8-12/h2-8,14H,9-10H2,1H3. The van der Waals surface area contributed by atoms with E-state index in [4.69, 9.17) is 16.3 Å². The minimum Gasteiger partial charge on any atom is -0.456 e.